The average Bonchev–Trinajstić information content (AvgIpc) is 3.07. The number of nitrogens with one attached hydrogen (secondary N) is 2. The van der Waals surface area contributed by atoms with Gasteiger partial charge in [-0.2, -0.15) is 15.0 Å². The monoisotopic (exact) mass is 413 g/mol. The first-order chi connectivity index (χ1) is 13.5. The van der Waals surface area contributed by atoms with Gasteiger partial charge in [0, 0.05) is 39.6 Å². The minimum Gasteiger partial charge on any atom is -0.368 e. The summed E-state index contributed by atoms with van der Waals surface area (Å²) in [5.41, 5.74) is 14.4. The van der Waals surface area contributed by atoms with Crippen molar-refractivity contribution in [2.75, 3.05) is 23.3 Å². The molecule has 1 atom stereocenters. The molecule has 0 radical (unpaired) electrons. The van der Waals surface area contributed by atoms with Gasteiger partial charge in [-0.1, -0.05) is 47.5 Å². The van der Waals surface area contributed by atoms with E-state index in [-0.39, 0.29) is 17.8 Å². The van der Waals surface area contributed by atoms with Crippen LogP contribution in [0.3, 0.4) is 0 Å². The van der Waals surface area contributed by atoms with Crippen molar-refractivity contribution in [3.63, 3.8) is 0 Å². The van der Waals surface area contributed by atoms with Crippen molar-refractivity contribution in [1.82, 2.24) is 19.9 Å². The molecule has 0 aliphatic heterocycles. The van der Waals surface area contributed by atoms with Crippen LogP contribution in [0.4, 0.5) is 17.8 Å². The summed E-state index contributed by atoms with van der Waals surface area (Å²) in [4.78, 5) is 15.3. The van der Waals surface area contributed by atoms with E-state index in [1.165, 1.54) is 0 Å². The Bertz CT molecular complexity index is 1120. The maximum absolute atomic E-state index is 6.52. The van der Waals surface area contributed by atoms with E-state index in [1.54, 1.807) is 6.07 Å². The van der Waals surface area contributed by atoms with Crippen LogP contribution in [0.1, 0.15) is 17.0 Å². The maximum atomic E-state index is 6.52. The van der Waals surface area contributed by atoms with Gasteiger partial charge in [-0.05, 0) is 29.3 Å². The van der Waals surface area contributed by atoms with E-state index in [0.717, 1.165) is 22.0 Å². The molecule has 0 amide bonds. The largest absolute Gasteiger partial charge is 0.368 e. The fourth-order valence-electron chi connectivity index (χ4n) is 3.24. The van der Waals surface area contributed by atoms with E-state index in [9.17, 15) is 0 Å². The highest BCUT2D eigenvalue weighted by atomic mass is 35.5. The van der Waals surface area contributed by atoms with Crippen LogP contribution in [0.25, 0.3) is 10.9 Å². The number of hydrogen-bond donors (Lipinski definition) is 4. The highest BCUT2D eigenvalue weighted by molar-refractivity contribution is 6.35. The molecule has 0 aliphatic rings. The minimum atomic E-state index is -0.0971. The number of nitrogens with zero attached hydrogens (tertiary/aromatic N) is 3. The first kappa shape index (κ1) is 18.3. The van der Waals surface area contributed by atoms with Crippen molar-refractivity contribution >= 4 is 51.9 Å². The van der Waals surface area contributed by atoms with Crippen LogP contribution in [-0.4, -0.2) is 26.5 Å². The molecule has 2 heterocycles. The zero-order valence-corrected chi connectivity index (χ0v) is 16.2. The van der Waals surface area contributed by atoms with Crippen LogP contribution in [0.5, 0.6) is 0 Å². The molecule has 2 aromatic heterocycles. The Balaban J connectivity index is 1.75. The van der Waals surface area contributed by atoms with E-state index < -0.39 is 0 Å². The third-order valence-corrected chi connectivity index (χ3v) is 5.03. The molecule has 0 bridgehead atoms. The van der Waals surface area contributed by atoms with Crippen molar-refractivity contribution in [2.24, 2.45) is 0 Å². The van der Waals surface area contributed by atoms with Crippen LogP contribution in [0.2, 0.25) is 10.0 Å². The predicted octanol–water partition coefficient (Wildman–Crippen LogP) is 4.07. The molecule has 1 unspecified atom stereocenters. The van der Waals surface area contributed by atoms with Gasteiger partial charge in [-0.3, -0.25) is 0 Å². The number of hydrogen-bond acceptors (Lipinski definition) is 6. The number of aromatic nitrogens is 4. The predicted molar refractivity (Wildman–Crippen MR) is 114 cm³/mol. The molecule has 0 saturated carbocycles. The Morgan fingerprint density at radius 1 is 0.964 bits per heavy atom. The van der Waals surface area contributed by atoms with Gasteiger partial charge in [0.1, 0.15) is 0 Å². The van der Waals surface area contributed by atoms with Crippen molar-refractivity contribution in [1.29, 1.82) is 0 Å². The number of halogens is 2. The number of anilines is 3. The summed E-state index contributed by atoms with van der Waals surface area (Å²) in [6, 6.07) is 13.6. The second kappa shape index (κ2) is 7.53. The van der Waals surface area contributed by atoms with E-state index in [4.69, 9.17) is 34.7 Å². The number of fused-ring (bicyclic) bond motifs is 1. The molecule has 142 valence electrons. The van der Waals surface area contributed by atoms with Crippen molar-refractivity contribution in [3.8, 4) is 0 Å². The van der Waals surface area contributed by atoms with Crippen LogP contribution in [0.15, 0.2) is 48.7 Å². The van der Waals surface area contributed by atoms with Gasteiger partial charge < -0.3 is 21.8 Å². The smallest absolute Gasteiger partial charge is 0.229 e. The van der Waals surface area contributed by atoms with E-state index >= 15 is 0 Å². The van der Waals surface area contributed by atoms with Gasteiger partial charge in [0.2, 0.25) is 17.8 Å². The standard InChI is InChI=1S/C19H17Cl2N7/c20-10-5-6-11(15(21)7-10)13(9-25-19-27-17(22)26-18(23)28-19)14-8-24-16-4-2-1-3-12(14)16/h1-8,13,24H,9H2,(H5,22,23,25,26,27,28). The Morgan fingerprint density at radius 2 is 1.71 bits per heavy atom. The fraction of sp³-hybridized carbons (Fsp3) is 0.105. The Kier molecular flexibility index (Phi) is 4.93. The summed E-state index contributed by atoms with van der Waals surface area (Å²) in [5.74, 6) is 0.325. The normalized spacial score (nSPS) is 12.2. The van der Waals surface area contributed by atoms with Gasteiger partial charge in [-0.25, -0.2) is 0 Å². The average molecular weight is 414 g/mol. The molecule has 0 saturated heterocycles. The Morgan fingerprint density at radius 3 is 2.46 bits per heavy atom. The van der Waals surface area contributed by atoms with Crippen molar-refractivity contribution in [2.45, 2.75) is 5.92 Å². The number of benzene rings is 2. The number of nitrogen functional groups attached to an aromatic ring is 2. The second-order valence-corrected chi connectivity index (χ2v) is 7.11. The quantitative estimate of drug-likeness (QED) is 0.391. The van der Waals surface area contributed by atoms with E-state index in [2.05, 4.69) is 31.3 Å². The number of para-hydroxylation sites is 1. The molecule has 2 aromatic carbocycles. The molecule has 9 heteroatoms. The summed E-state index contributed by atoms with van der Waals surface area (Å²) >= 11 is 12.6. The minimum absolute atomic E-state index is 0.0585. The highest BCUT2D eigenvalue weighted by Crippen LogP contribution is 2.35. The van der Waals surface area contributed by atoms with E-state index in [1.807, 2.05) is 36.5 Å². The molecule has 0 spiro atoms. The molecular formula is C19H17Cl2N7. The van der Waals surface area contributed by atoms with Crippen LogP contribution >= 0.6 is 23.2 Å². The second-order valence-electron chi connectivity index (χ2n) is 6.26. The van der Waals surface area contributed by atoms with Crippen LogP contribution in [-0.2, 0) is 0 Å². The first-order valence-corrected chi connectivity index (χ1v) is 9.28. The van der Waals surface area contributed by atoms with Gasteiger partial charge in [0.25, 0.3) is 0 Å². The third kappa shape index (κ3) is 3.67. The lowest BCUT2D eigenvalue weighted by Gasteiger charge is -2.19. The molecule has 7 nitrogen and oxygen atoms in total. The molecule has 4 rings (SSSR count). The van der Waals surface area contributed by atoms with E-state index in [0.29, 0.717) is 22.5 Å². The third-order valence-electron chi connectivity index (χ3n) is 4.47. The van der Waals surface area contributed by atoms with Crippen molar-refractivity contribution < 1.29 is 0 Å². The van der Waals surface area contributed by atoms with Gasteiger partial charge >= 0.3 is 0 Å². The zero-order chi connectivity index (χ0) is 19.7. The van der Waals surface area contributed by atoms with Crippen LogP contribution in [0, 0.1) is 0 Å². The fourth-order valence-corrected chi connectivity index (χ4v) is 3.78. The Hall–Kier alpha value is -3.03. The molecule has 0 aliphatic carbocycles. The number of rotatable bonds is 5. The summed E-state index contributed by atoms with van der Waals surface area (Å²) < 4.78 is 0. The van der Waals surface area contributed by atoms with Gasteiger partial charge in [0.15, 0.2) is 0 Å². The van der Waals surface area contributed by atoms with Crippen molar-refractivity contribution in [3.05, 3.63) is 69.8 Å². The van der Waals surface area contributed by atoms with Crippen LogP contribution < -0.4 is 16.8 Å². The molecule has 6 N–H and O–H groups in total. The Labute approximate surface area is 171 Å². The topological polar surface area (TPSA) is 119 Å². The molecular weight excluding hydrogens is 397 g/mol. The molecule has 0 fully saturated rings. The zero-order valence-electron chi connectivity index (χ0n) is 14.7. The first-order valence-electron chi connectivity index (χ1n) is 8.53. The summed E-state index contributed by atoms with van der Waals surface area (Å²) in [6.45, 7) is 0.464. The molecule has 28 heavy (non-hydrogen) atoms. The maximum Gasteiger partial charge on any atom is 0.229 e. The summed E-state index contributed by atoms with van der Waals surface area (Å²) in [5, 5.41) is 5.46. The van der Waals surface area contributed by atoms with Gasteiger partial charge in [0.05, 0.1) is 0 Å². The SMILES string of the molecule is Nc1nc(N)nc(NCC(c2ccc(Cl)cc2Cl)c2c[nH]c3ccccc23)n1. The number of nitrogens with two attached hydrogens (primary N) is 2. The highest BCUT2D eigenvalue weighted by Gasteiger charge is 2.21. The lowest BCUT2D eigenvalue weighted by molar-refractivity contribution is 0.847. The number of aromatic amines is 1. The summed E-state index contributed by atoms with van der Waals surface area (Å²) in [6.07, 6.45) is 1.98. The lowest BCUT2D eigenvalue weighted by atomic mass is 9.91. The molecule has 4 aromatic rings. The van der Waals surface area contributed by atoms with Gasteiger partial charge in [-0.15, -0.1) is 0 Å². The lowest BCUT2D eigenvalue weighted by Crippen LogP contribution is -2.17. The summed E-state index contributed by atoms with van der Waals surface area (Å²) in [7, 11) is 0. The number of H-pyrrole nitrogens is 1.